The molecule has 4 atom stereocenters. The Morgan fingerprint density at radius 3 is 2.33 bits per heavy atom. The van der Waals surface area contributed by atoms with Gasteiger partial charge < -0.3 is 31.5 Å². The number of rotatable bonds is 12. The Balaban J connectivity index is 2.91. The van der Waals surface area contributed by atoms with Crippen molar-refractivity contribution in [2.45, 2.75) is 63.2 Å². The molecule has 12 heteroatoms. The molecule has 1 heterocycles. The van der Waals surface area contributed by atoms with Crippen LogP contribution in [0.3, 0.4) is 0 Å². The highest BCUT2D eigenvalue weighted by Crippen LogP contribution is 2.20. The molecular formula is C18H30N4O7S. The third-order valence-electron chi connectivity index (χ3n) is 4.74. The maximum atomic E-state index is 13.0. The number of nitrogens with one attached hydrogen (secondary N) is 2. The van der Waals surface area contributed by atoms with Gasteiger partial charge in [0.1, 0.15) is 18.1 Å². The second kappa shape index (κ2) is 12.4. The number of nitrogens with zero attached hydrogens (tertiary/aromatic N) is 1. The third kappa shape index (κ3) is 7.82. The first-order valence-electron chi connectivity index (χ1n) is 9.68. The number of hydrogen-bond acceptors (Lipinski definition) is 7. The number of thioether (sulfide) groups is 1. The summed E-state index contributed by atoms with van der Waals surface area (Å²) in [5.74, 6) is -3.51. The Morgan fingerprint density at radius 1 is 1.13 bits per heavy atom. The molecule has 0 aliphatic carbocycles. The Labute approximate surface area is 179 Å². The van der Waals surface area contributed by atoms with Gasteiger partial charge >= 0.3 is 11.9 Å². The Hall–Kier alpha value is -2.34. The van der Waals surface area contributed by atoms with Crippen LogP contribution in [0.5, 0.6) is 0 Å². The summed E-state index contributed by atoms with van der Waals surface area (Å²) in [5, 5.41) is 23.2. The molecule has 6 N–H and O–H groups in total. The molecule has 0 radical (unpaired) electrons. The molecule has 0 aromatic carbocycles. The van der Waals surface area contributed by atoms with Crippen LogP contribution in [-0.4, -0.2) is 87.5 Å². The Bertz CT molecular complexity index is 658. The maximum absolute atomic E-state index is 13.0. The largest absolute Gasteiger partial charge is 0.481 e. The van der Waals surface area contributed by atoms with Crippen LogP contribution in [0.4, 0.5) is 0 Å². The number of likely N-dealkylation sites (tertiary alicyclic amines) is 1. The van der Waals surface area contributed by atoms with E-state index in [1.165, 1.54) is 23.6 Å². The SMILES string of the molecule is CSCCC(NC(=O)C1CCCN1C(=O)C(CCC(=O)O)NC(=O)C(C)N)C(=O)O. The van der Waals surface area contributed by atoms with Crippen LogP contribution in [0, 0.1) is 0 Å². The summed E-state index contributed by atoms with van der Waals surface area (Å²) in [6, 6.07) is -3.98. The first-order chi connectivity index (χ1) is 14.1. The van der Waals surface area contributed by atoms with E-state index in [9.17, 15) is 29.1 Å². The van der Waals surface area contributed by atoms with Crippen molar-refractivity contribution in [3.63, 3.8) is 0 Å². The van der Waals surface area contributed by atoms with E-state index < -0.39 is 53.8 Å². The molecule has 4 unspecified atom stereocenters. The summed E-state index contributed by atoms with van der Waals surface area (Å²) >= 11 is 1.45. The second-order valence-electron chi connectivity index (χ2n) is 7.15. The van der Waals surface area contributed by atoms with Crippen molar-refractivity contribution in [2.75, 3.05) is 18.6 Å². The van der Waals surface area contributed by atoms with Gasteiger partial charge in [-0.05, 0) is 44.6 Å². The van der Waals surface area contributed by atoms with Crippen LogP contribution in [0.15, 0.2) is 0 Å². The number of carboxylic acid groups (broad SMARTS) is 2. The normalized spacial score (nSPS) is 18.9. The summed E-state index contributed by atoms with van der Waals surface area (Å²) in [5.41, 5.74) is 5.52. The maximum Gasteiger partial charge on any atom is 0.326 e. The topological polar surface area (TPSA) is 179 Å². The lowest BCUT2D eigenvalue weighted by molar-refractivity contribution is -0.145. The summed E-state index contributed by atoms with van der Waals surface area (Å²) in [4.78, 5) is 61.2. The first kappa shape index (κ1) is 25.7. The van der Waals surface area contributed by atoms with Crippen LogP contribution >= 0.6 is 11.8 Å². The number of nitrogens with two attached hydrogens (primary N) is 1. The van der Waals surface area contributed by atoms with E-state index in [4.69, 9.17) is 10.8 Å². The van der Waals surface area contributed by atoms with Gasteiger partial charge in [-0.1, -0.05) is 0 Å². The predicted molar refractivity (Wildman–Crippen MR) is 110 cm³/mol. The van der Waals surface area contributed by atoms with E-state index in [0.717, 1.165) is 0 Å². The molecule has 3 amide bonds. The van der Waals surface area contributed by atoms with Crippen molar-refractivity contribution < 1.29 is 34.2 Å². The number of carbonyl (C=O) groups is 5. The Morgan fingerprint density at radius 2 is 1.80 bits per heavy atom. The van der Waals surface area contributed by atoms with E-state index in [2.05, 4.69) is 10.6 Å². The molecule has 1 saturated heterocycles. The molecule has 11 nitrogen and oxygen atoms in total. The van der Waals surface area contributed by atoms with Gasteiger partial charge in [0.25, 0.3) is 0 Å². The lowest BCUT2D eigenvalue weighted by atomic mass is 10.1. The average molecular weight is 447 g/mol. The summed E-state index contributed by atoms with van der Waals surface area (Å²) < 4.78 is 0. The minimum atomic E-state index is -1.16. The van der Waals surface area contributed by atoms with Gasteiger partial charge in [-0.3, -0.25) is 19.2 Å². The smallest absolute Gasteiger partial charge is 0.326 e. The van der Waals surface area contributed by atoms with Gasteiger partial charge in [-0.25, -0.2) is 4.79 Å². The highest BCUT2D eigenvalue weighted by atomic mass is 32.2. The monoisotopic (exact) mass is 446 g/mol. The Kier molecular flexibility index (Phi) is 10.6. The molecular weight excluding hydrogens is 416 g/mol. The zero-order valence-corrected chi connectivity index (χ0v) is 17.9. The highest BCUT2D eigenvalue weighted by molar-refractivity contribution is 7.98. The fraction of sp³-hybridized carbons (Fsp3) is 0.722. The molecule has 30 heavy (non-hydrogen) atoms. The van der Waals surface area contributed by atoms with Crippen molar-refractivity contribution in [3.05, 3.63) is 0 Å². The summed E-state index contributed by atoms with van der Waals surface area (Å²) in [6.45, 7) is 1.68. The van der Waals surface area contributed by atoms with Crippen LogP contribution in [0.1, 0.15) is 39.0 Å². The zero-order valence-electron chi connectivity index (χ0n) is 17.1. The molecule has 170 valence electrons. The van der Waals surface area contributed by atoms with Crippen molar-refractivity contribution in [1.82, 2.24) is 15.5 Å². The summed E-state index contributed by atoms with van der Waals surface area (Å²) in [7, 11) is 0. The third-order valence-corrected chi connectivity index (χ3v) is 5.38. The quantitative estimate of drug-likeness (QED) is 0.251. The zero-order chi connectivity index (χ0) is 22.8. The minimum Gasteiger partial charge on any atom is -0.481 e. The van der Waals surface area contributed by atoms with Crippen molar-refractivity contribution in [2.24, 2.45) is 5.73 Å². The van der Waals surface area contributed by atoms with Crippen LogP contribution in [-0.2, 0) is 24.0 Å². The molecule has 1 rings (SSSR count). The van der Waals surface area contributed by atoms with E-state index in [-0.39, 0.29) is 25.8 Å². The fourth-order valence-corrected chi connectivity index (χ4v) is 3.56. The molecule has 0 spiro atoms. The van der Waals surface area contributed by atoms with Gasteiger partial charge in [0, 0.05) is 13.0 Å². The van der Waals surface area contributed by atoms with Gasteiger partial charge in [-0.2, -0.15) is 11.8 Å². The van der Waals surface area contributed by atoms with E-state index in [1.807, 2.05) is 6.26 Å². The van der Waals surface area contributed by atoms with Gasteiger partial charge in [0.15, 0.2) is 0 Å². The van der Waals surface area contributed by atoms with Crippen LogP contribution in [0.25, 0.3) is 0 Å². The average Bonchev–Trinajstić information content (AvgIpc) is 3.16. The first-order valence-corrected chi connectivity index (χ1v) is 11.1. The van der Waals surface area contributed by atoms with Gasteiger partial charge in [0.2, 0.25) is 17.7 Å². The number of carbonyl (C=O) groups excluding carboxylic acids is 3. The lowest BCUT2D eigenvalue weighted by Crippen LogP contribution is -2.56. The van der Waals surface area contributed by atoms with Gasteiger partial charge in [-0.15, -0.1) is 0 Å². The number of carboxylic acids is 2. The molecule has 0 aromatic heterocycles. The molecule has 1 aliphatic rings. The van der Waals surface area contributed by atoms with Crippen molar-refractivity contribution >= 4 is 41.4 Å². The van der Waals surface area contributed by atoms with Gasteiger partial charge in [0.05, 0.1) is 6.04 Å². The van der Waals surface area contributed by atoms with E-state index in [0.29, 0.717) is 18.6 Å². The molecule has 1 fully saturated rings. The number of hydrogen-bond donors (Lipinski definition) is 5. The minimum absolute atomic E-state index is 0.150. The van der Waals surface area contributed by atoms with Crippen molar-refractivity contribution in [3.8, 4) is 0 Å². The number of aliphatic carboxylic acids is 2. The number of amides is 3. The molecule has 0 aromatic rings. The van der Waals surface area contributed by atoms with E-state index in [1.54, 1.807) is 0 Å². The van der Waals surface area contributed by atoms with Crippen LogP contribution in [0.2, 0.25) is 0 Å². The second-order valence-corrected chi connectivity index (χ2v) is 8.14. The molecule has 0 saturated carbocycles. The highest BCUT2D eigenvalue weighted by Gasteiger charge is 2.39. The summed E-state index contributed by atoms with van der Waals surface area (Å²) in [6.07, 6.45) is 2.44. The standard InChI is InChI=1S/C18H30N4O7S/c1-10(19)15(25)20-11(5-6-14(23)24)17(27)22-8-3-4-13(22)16(26)21-12(18(28)29)7-9-30-2/h10-13H,3-9,19H2,1-2H3,(H,20,25)(H,21,26)(H,23,24)(H,28,29). The van der Waals surface area contributed by atoms with Crippen LogP contribution < -0.4 is 16.4 Å². The van der Waals surface area contributed by atoms with E-state index >= 15 is 0 Å². The predicted octanol–water partition coefficient (Wildman–Crippen LogP) is -1.00. The van der Waals surface area contributed by atoms with Crippen molar-refractivity contribution in [1.29, 1.82) is 0 Å². The fourth-order valence-electron chi connectivity index (χ4n) is 3.09. The lowest BCUT2D eigenvalue weighted by Gasteiger charge is -2.29. The molecule has 1 aliphatic heterocycles. The molecule has 0 bridgehead atoms.